The van der Waals surface area contributed by atoms with Crippen LogP contribution in [0.25, 0.3) is 0 Å². The Morgan fingerprint density at radius 1 is 1.35 bits per heavy atom. The number of nitrogens with two attached hydrogens (primary N) is 1. The van der Waals surface area contributed by atoms with Crippen LogP contribution in [0.5, 0.6) is 0 Å². The summed E-state index contributed by atoms with van der Waals surface area (Å²) in [6.45, 7) is 0. The quantitative estimate of drug-likeness (QED) is 0.646. The van der Waals surface area contributed by atoms with Gasteiger partial charge in [0, 0.05) is 25.1 Å². The van der Waals surface area contributed by atoms with Gasteiger partial charge >= 0.3 is 0 Å². The molecule has 0 atom stereocenters. The molecule has 134 valence electrons. The Hall–Kier alpha value is -3.07. The predicted molar refractivity (Wildman–Crippen MR) is 94.3 cm³/mol. The van der Waals surface area contributed by atoms with Gasteiger partial charge in [-0.25, -0.2) is 9.37 Å². The minimum atomic E-state index is -0.912. The summed E-state index contributed by atoms with van der Waals surface area (Å²) in [6.07, 6.45) is 3.54. The molecule has 0 unspecified atom stereocenters. The highest BCUT2D eigenvalue weighted by molar-refractivity contribution is 7.98. The van der Waals surface area contributed by atoms with Crippen molar-refractivity contribution in [1.82, 2.24) is 9.55 Å². The topological polar surface area (TPSA) is 103 Å². The monoisotopic (exact) mass is 374 g/mol. The van der Waals surface area contributed by atoms with E-state index >= 15 is 0 Å². The Morgan fingerprint density at radius 3 is 2.85 bits per heavy atom. The van der Waals surface area contributed by atoms with E-state index < -0.39 is 17.6 Å². The average molecular weight is 374 g/mol. The number of aryl methyl sites for hydroxylation is 1. The highest BCUT2D eigenvalue weighted by Crippen LogP contribution is 2.22. The summed E-state index contributed by atoms with van der Waals surface area (Å²) in [7, 11) is 1.89. The van der Waals surface area contributed by atoms with E-state index in [1.165, 1.54) is 23.9 Å². The first-order valence-corrected chi connectivity index (χ1v) is 8.52. The highest BCUT2D eigenvalue weighted by Gasteiger charge is 2.15. The number of carbonyl (C=O) groups is 2. The molecule has 0 fully saturated rings. The van der Waals surface area contributed by atoms with Crippen molar-refractivity contribution in [2.24, 2.45) is 12.8 Å². The fraction of sp³-hybridized carbons (Fsp3) is 0.118. The normalized spacial score (nSPS) is 10.7. The zero-order chi connectivity index (χ0) is 18.7. The van der Waals surface area contributed by atoms with Crippen LogP contribution in [0.15, 0.2) is 52.3 Å². The molecule has 1 aromatic carbocycles. The SMILES string of the molecule is Cn1ccnc1SCc1ccc(C(=O)Nc2ccc(F)c(C(N)=O)c2)o1. The Bertz CT molecular complexity index is 967. The molecule has 0 spiro atoms. The molecule has 9 heteroatoms. The maximum Gasteiger partial charge on any atom is 0.291 e. The molecule has 0 saturated heterocycles. The van der Waals surface area contributed by atoms with E-state index in [9.17, 15) is 14.0 Å². The number of nitrogens with one attached hydrogen (secondary N) is 1. The highest BCUT2D eigenvalue weighted by atomic mass is 32.2. The van der Waals surface area contributed by atoms with Gasteiger partial charge in [-0.05, 0) is 30.3 Å². The lowest BCUT2D eigenvalue weighted by Crippen LogP contribution is -2.15. The number of aromatic nitrogens is 2. The number of amides is 2. The van der Waals surface area contributed by atoms with Crippen molar-refractivity contribution >= 4 is 29.3 Å². The smallest absolute Gasteiger partial charge is 0.291 e. The van der Waals surface area contributed by atoms with Crippen molar-refractivity contribution in [3.8, 4) is 0 Å². The summed E-state index contributed by atoms with van der Waals surface area (Å²) in [5.41, 5.74) is 5.04. The van der Waals surface area contributed by atoms with Gasteiger partial charge in [-0.3, -0.25) is 9.59 Å². The van der Waals surface area contributed by atoms with Crippen LogP contribution in [-0.2, 0) is 12.8 Å². The molecular formula is C17H15FN4O3S. The van der Waals surface area contributed by atoms with Crippen LogP contribution in [-0.4, -0.2) is 21.4 Å². The van der Waals surface area contributed by atoms with E-state index in [0.29, 0.717) is 11.5 Å². The number of primary amides is 1. The molecule has 0 saturated carbocycles. The number of furan rings is 1. The molecule has 3 N–H and O–H groups in total. The van der Waals surface area contributed by atoms with Crippen LogP contribution in [0.3, 0.4) is 0 Å². The number of rotatable bonds is 6. The third kappa shape index (κ3) is 3.94. The van der Waals surface area contributed by atoms with Crippen LogP contribution < -0.4 is 11.1 Å². The van der Waals surface area contributed by atoms with Gasteiger partial charge in [0.2, 0.25) is 0 Å². The molecule has 3 aromatic rings. The van der Waals surface area contributed by atoms with Crippen LogP contribution in [0, 0.1) is 5.82 Å². The lowest BCUT2D eigenvalue weighted by Gasteiger charge is -2.05. The van der Waals surface area contributed by atoms with Gasteiger partial charge in [0.05, 0.1) is 11.3 Å². The Balaban J connectivity index is 1.65. The summed E-state index contributed by atoms with van der Waals surface area (Å²) in [5, 5.41) is 3.37. The number of imidazole rings is 1. The van der Waals surface area contributed by atoms with E-state index in [4.69, 9.17) is 10.2 Å². The fourth-order valence-electron chi connectivity index (χ4n) is 2.19. The molecule has 2 amide bonds. The minimum Gasteiger partial charge on any atom is -0.455 e. The van der Waals surface area contributed by atoms with E-state index in [1.807, 2.05) is 17.8 Å². The van der Waals surface area contributed by atoms with Crippen molar-refractivity contribution in [1.29, 1.82) is 0 Å². The molecule has 2 heterocycles. The summed E-state index contributed by atoms with van der Waals surface area (Å²) < 4.78 is 20.9. The summed E-state index contributed by atoms with van der Waals surface area (Å²) in [6, 6.07) is 6.82. The summed E-state index contributed by atoms with van der Waals surface area (Å²) >= 11 is 1.48. The number of thioether (sulfide) groups is 1. The first kappa shape index (κ1) is 17.7. The Morgan fingerprint density at radius 2 is 2.15 bits per heavy atom. The second-order valence-corrected chi connectivity index (χ2v) is 6.33. The maximum absolute atomic E-state index is 13.5. The number of carbonyl (C=O) groups excluding carboxylic acids is 2. The number of nitrogens with zero attached hydrogens (tertiary/aromatic N) is 2. The third-order valence-electron chi connectivity index (χ3n) is 3.50. The van der Waals surface area contributed by atoms with Gasteiger partial charge in [-0.15, -0.1) is 0 Å². The fourth-order valence-corrected chi connectivity index (χ4v) is 3.02. The van der Waals surface area contributed by atoms with Crippen molar-refractivity contribution in [2.45, 2.75) is 10.9 Å². The third-order valence-corrected chi connectivity index (χ3v) is 4.58. The largest absolute Gasteiger partial charge is 0.455 e. The van der Waals surface area contributed by atoms with Gasteiger partial charge in [-0.1, -0.05) is 11.8 Å². The van der Waals surface area contributed by atoms with Crippen LogP contribution in [0.2, 0.25) is 0 Å². The molecule has 2 aromatic heterocycles. The predicted octanol–water partition coefficient (Wildman–Crippen LogP) is 2.80. The minimum absolute atomic E-state index is 0.102. The molecule has 7 nitrogen and oxygen atoms in total. The van der Waals surface area contributed by atoms with Crippen LogP contribution in [0.1, 0.15) is 26.7 Å². The van der Waals surface area contributed by atoms with Gasteiger partial charge in [0.25, 0.3) is 11.8 Å². The second-order valence-electron chi connectivity index (χ2n) is 5.39. The molecule has 26 heavy (non-hydrogen) atoms. The number of halogens is 1. The molecular weight excluding hydrogens is 359 g/mol. The molecule has 0 aliphatic carbocycles. The molecule has 0 aliphatic rings. The number of hydrogen-bond donors (Lipinski definition) is 2. The Labute approximate surface area is 152 Å². The standard InChI is InChI=1S/C17H15FN4O3S/c1-22-7-6-20-17(22)26-9-11-3-5-14(25-11)16(24)21-10-2-4-13(18)12(8-10)15(19)23/h2-8H,9H2,1H3,(H2,19,23)(H,21,24). The van der Waals surface area contributed by atoms with Gasteiger partial charge < -0.3 is 20.0 Å². The maximum atomic E-state index is 13.5. The molecule has 3 rings (SSSR count). The number of anilines is 1. The lowest BCUT2D eigenvalue weighted by atomic mass is 10.1. The summed E-state index contributed by atoms with van der Waals surface area (Å²) in [5.74, 6) is -0.946. The zero-order valence-electron chi connectivity index (χ0n) is 13.7. The number of benzene rings is 1. The van der Waals surface area contributed by atoms with Crippen LogP contribution >= 0.6 is 11.8 Å². The van der Waals surface area contributed by atoms with Crippen molar-refractivity contribution in [2.75, 3.05) is 5.32 Å². The van der Waals surface area contributed by atoms with Crippen molar-refractivity contribution in [3.05, 3.63) is 65.6 Å². The molecule has 0 aliphatic heterocycles. The lowest BCUT2D eigenvalue weighted by molar-refractivity contribution is 0.0985. The first-order chi connectivity index (χ1) is 12.4. The van der Waals surface area contributed by atoms with Crippen molar-refractivity contribution in [3.63, 3.8) is 0 Å². The second kappa shape index (κ2) is 7.44. The average Bonchev–Trinajstić information content (AvgIpc) is 3.23. The summed E-state index contributed by atoms with van der Waals surface area (Å²) in [4.78, 5) is 27.6. The van der Waals surface area contributed by atoms with E-state index in [-0.39, 0.29) is 17.0 Å². The van der Waals surface area contributed by atoms with E-state index in [2.05, 4.69) is 10.3 Å². The number of hydrogen-bond acceptors (Lipinski definition) is 5. The molecule has 0 bridgehead atoms. The first-order valence-electron chi connectivity index (χ1n) is 7.53. The van der Waals surface area contributed by atoms with Crippen molar-refractivity contribution < 1.29 is 18.4 Å². The van der Waals surface area contributed by atoms with E-state index in [1.54, 1.807) is 18.3 Å². The van der Waals surface area contributed by atoms with Gasteiger partial charge in [-0.2, -0.15) is 0 Å². The molecule has 0 radical (unpaired) electrons. The zero-order valence-corrected chi connectivity index (χ0v) is 14.5. The van der Waals surface area contributed by atoms with Gasteiger partial charge in [0.15, 0.2) is 10.9 Å². The van der Waals surface area contributed by atoms with Crippen LogP contribution in [0.4, 0.5) is 10.1 Å². The Kier molecular flexibility index (Phi) is 5.08. The van der Waals surface area contributed by atoms with Gasteiger partial charge in [0.1, 0.15) is 11.6 Å². The van der Waals surface area contributed by atoms with E-state index in [0.717, 1.165) is 11.2 Å².